The Kier molecular flexibility index (Phi) is 1.86. The molecule has 0 radical (unpaired) electrons. The van der Waals surface area contributed by atoms with Gasteiger partial charge in [0.25, 0.3) is 0 Å². The van der Waals surface area contributed by atoms with Gasteiger partial charge in [-0.1, -0.05) is 31.0 Å². The van der Waals surface area contributed by atoms with E-state index in [9.17, 15) is 0 Å². The molecule has 0 N–H and O–H groups in total. The molecule has 2 atom stereocenters. The summed E-state index contributed by atoms with van der Waals surface area (Å²) in [5, 5.41) is 0.908. The predicted molar refractivity (Wildman–Crippen MR) is 57.3 cm³/mol. The van der Waals surface area contributed by atoms with E-state index in [1.807, 2.05) is 0 Å². The SMILES string of the molecule is c1ccc2c(c1)S[C@@H]1CCCC[C@@H]21. The van der Waals surface area contributed by atoms with Gasteiger partial charge in [0.15, 0.2) is 0 Å². The van der Waals surface area contributed by atoms with Gasteiger partial charge in [-0.3, -0.25) is 0 Å². The summed E-state index contributed by atoms with van der Waals surface area (Å²) < 4.78 is 0. The molecule has 0 nitrogen and oxygen atoms in total. The van der Waals surface area contributed by atoms with Crippen molar-refractivity contribution >= 4 is 11.8 Å². The van der Waals surface area contributed by atoms with Crippen molar-refractivity contribution in [2.24, 2.45) is 0 Å². The van der Waals surface area contributed by atoms with Crippen molar-refractivity contribution in [1.29, 1.82) is 0 Å². The summed E-state index contributed by atoms with van der Waals surface area (Å²) in [5.74, 6) is 0.884. The van der Waals surface area contributed by atoms with Crippen molar-refractivity contribution in [2.75, 3.05) is 0 Å². The first-order chi connectivity index (χ1) is 6.45. The highest BCUT2D eigenvalue weighted by atomic mass is 32.2. The standard InChI is InChI=1S/C12H14S/c1-3-7-11-9(5-1)10-6-2-4-8-12(10)13-11/h1,3,5,7,10,12H,2,4,6,8H2/t10-,12+/m0/s1. The summed E-state index contributed by atoms with van der Waals surface area (Å²) in [5.41, 5.74) is 1.64. The monoisotopic (exact) mass is 190 g/mol. The van der Waals surface area contributed by atoms with Crippen LogP contribution < -0.4 is 0 Å². The number of rotatable bonds is 0. The summed E-state index contributed by atoms with van der Waals surface area (Å²) in [7, 11) is 0. The summed E-state index contributed by atoms with van der Waals surface area (Å²) in [6.07, 6.45) is 5.75. The minimum absolute atomic E-state index is 0.884. The van der Waals surface area contributed by atoms with Crippen LogP contribution in [0.5, 0.6) is 0 Å². The summed E-state index contributed by atoms with van der Waals surface area (Å²) in [4.78, 5) is 1.56. The van der Waals surface area contributed by atoms with Gasteiger partial charge < -0.3 is 0 Å². The summed E-state index contributed by atoms with van der Waals surface area (Å²) in [6.45, 7) is 0. The zero-order valence-electron chi connectivity index (χ0n) is 7.70. The Morgan fingerprint density at radius 3 is 2.92 bits per heavy atom. The van der Waals surface area contributed by atoms with Crippen molar-refractivity contribution < 1.29 is 0 Å². The molecule has 1 aromatic rings. The zero-order chi connectivity index (χ0) is 8.67. The normalized spacial score (nSPS) is 31.1. The highest BCUT2D eigenvalue weighted by molar-refractivity contribution is 8.00. The van der Waals surface area contributed by atoms with Gasteiger partial charge in [-0.15, -0.1) is 11.8 Å². The van der Waals surface area contributed by atoms with Crippen LogP contribution in [-0.4, -0.2) is 5.25 Å². The molecule has 13 heavy (non-hydrogen) atoms. The topological polar surface area (TPSA) is 0 Å². The molecule has 1 heteroatoms. The summed E-state index contributed by atoms with van der Waals surface area (Å²) >= 11 is 2.12. The maximum absolute atomic E-state index is 2.33. The molecule has 1 saturated carbocycles. The lowest BCUT2D eigenvalue weighted by molar-refractivity contribution is 0.461. The summed E-state index contributed by atoms with van der Waals surface area (Å²) in [6, 6.07) is 8.98. The Morgan fingerprint density at radius 2 is 1.92 bits per heavy atom. The van der Waals surface area contributed by atoms with Gasteiger partial charge in [0.05, 0.1) is 0 Å². The van der Waals surface area contributed by atoms with Gasteiger partial charge in [-0.25, -0.2) is 0 Å². The molecule has 2 aliphatic rings. The lowest BCUT2D eigenvalue weighted by Crippen LogP contribution is -2.14. The maximum Gasteiger partial charge on any atom is 0.0164 e. The lowest BCUT2D eigenvalue weighted by Gasteiger charge is -2.24. The fourth-order valence-electron chi connectivity index (χ4n) is 2.65. The molecule has 1 aliphatic heterocycles. The van der Waals surface area contributed by atoms with Crippen LogP contribution in [0.15, 0.2) is 29.2 Å². The second-order valence-electron chi connectivity index (χ2n) is 4.09. The fraction of sp³-hybridized carbons (Fsp3) is 0.500. The molecule has 1 aromatic carbocycles. The molecule has 1 aliphatic carbocycles. The number of fused-ring (bicyclic) bond motifs is 3. The average Bonchev–Trinajstić information content (AvgIpc) is 2.56. The van der Waals surface area contributed by atoms with Crippen LogP contribution in [-0.2, 0) is 0 Å². The molecule has 0 bridgehead atoms. The first-order valence-electron chi connectivity index (χ1n) is 5.21. The number of benzene rings is 1. The highest BCUT2D eigenvalue weighted by Crippen LogP contribution is 2.51. The van der Waals surface area contributed by atoms with Gasteiger partial charge in [0.2, 0.25) is 0 Å². The third-order valence-electron chi connectivity index (χ3n) is 3.30. The molecule has 68 valence electrons. The van der Waals surface area contributed by atoms with Gasteiger partial charge in [0, 0.05) is 10.1 Å². The van der Waals surface area contributed by atoms with Crippen LogP contribution in [0.3, 0.4) is 0 Å². The minimum atomic E-state index is 0.884. The van der Waals surface area contributed by atoms with E-state index in [0.717, 1.165) is 11.2 Å². The van der Waals surface area contributed by atoms with Crippen molar-refractivity contribution in [2.45, 2.75) is 41.7 Å². The smallest absolute Gasteiger partial charge is 0.0164 e. The van der Waals surface area contributed by atoms with Gasteiger partial charge in [-0.2, -0.15) is 0 Å². The second kappa shape index (κ2) is 3.06. The lowest BCUT2D eigenvalue weighted by atomic mass is 9.84. The van der Waals surface area contributed by atoms with Gasteiger partial charge >= 0.3 is 0 Å². The third kappa shape index (κ3) is 1.21. The molecule has 1 fully saturated rings. The first-order valence-corrected chi connectivity index (χ1v) is 6.09. The molecular weight excluding hydrogens is 176 g/mol. The first kappa shape index (κ1) is 7.93. The van der Waals surface area contributed by atoms with E-state index >= 15 is 0 Å². The molecule has 0 unspecified atom stereocenters. The largest absolute Gasteiger partial charge is 0.122 e. The van der Waals surface area contributed by atoms with Gasteiger partial charge in [0.1, 0.15) is 0 Å². The number of hydrogen-bond donors (Lipinski definition) is 0. The Bertz CT molecular complexity index is 319. The average molecular weight is 190 g/mol. The zero-order valence-corrected chi connectivity index (χ0v) is 8.52. The Hall–Kier alpha value is -0.430. The van der Waals surface area contributed by atoms with Crippen LogP contribution in [0.4, 0.5) is 0 Å². The Balaban J connectivity index is 2.01. The van der Waals surface area contributed by atoms with Crippen molar-refractivity contribution in [3.63, 3.8) is 0 Å². The Morgan fingerprint density at radius 1 is 1.08 bits per heavy atom. The predicted octanol–water partition coefficient (Wildman–Crippen LogP) is 3.82. The van der Waals surface area contributed by atoms with Crippen LogP contribution in [0.25, 0.3) is 0 Å². The van der Waals surface area contributed by atoms with E-state index in [2.05, 4.69) is 36.0 Å². The number of hydrogen-bond acceptors (Lipinski definition) is 1. The van der Waals surface area contributed by atoms with Crippen LogP contribution in [0.1, 0.15) is 37.2 Å². The van der Waals surface area contributed by atoms with Crippen LogP contribution in [0.2, 0.25) is 0 Å². The van der Waals surface area contributed by atoms with E-state index in [1.54, 1.807) is 10.5 Å². The molecule has 0 saturated heterocycles. The second-order valence-corrected chi connectivity index (χ2v) is 5.37. The van der Waals surface area contributed by atoms with E-state index in [-0.39, 0.29) is 0 Å². The molecule has 0 amide bonds. The minimum Gasteiger partial charge on any atom is -0.122 e. The molecular formula is C12H14S. The molecule has 0 spiro atoms. The van der Waals surface area contributed by atoms with Crippen molar-refractivity contribution in [3.8, 4) is 0 Å². The Labute approximate surface area is 83.7 Å². The number of thioether (sulfide) groups is 1. The van der Waals surface area contributed by atoms with Crippen molar-refractivity contribution in [3.05, 3.63) is 29.8 Å². The van der Waals surface area contributed by atoms with E-state index < -0.39 is 0 Å². The third-order valence-corrected chi connectivity index (χ3v) is 4.79. The van der Waals surface area contributed by atoms with E-state index in [0.29, 0.717) is 0 Å². The van der Waals surface area contributed by atoms with Crippen molar-refractivity contribution in [1.82, 2.24) is 0 Å². The maximum atomic E-state index is 2.33. The van der Waals surface area contributed by atoms with E-state index in [1.165, 1.54) is 25.7 Å². The van der Waals surface area contributed by atoms with Crippen LogP contribution >= 0.6 is 11.8 Å². The quantitative estimate of drug-likeness (QED) is 0.599. The van der Waals surface area contributed by atoms with Gasteiger partial charge in [-0.05, 0) is 30.4 Å². The molecule has 0 aromatic heterocycles. The van der Waals surface area contributed by atoms with E-state index in [4.69, 9.17) is 0 Å². The molecule has 1 heterocycles. The fourth-order valence-corrected chi connectivity index (χ4v) is 4.22. The van der Waals surface area contributed by atoms with Crippen LogP contribution in [0, 0.1) is 0 Å². The highest BCUT2D eigenvalue weighted by Gasteiger charge is 2.34. The molecule has 3 rings (SSSR count).